The Bertz CT molecular complexity index is 302. The fourth-order valence-electron chi connectivity index (χ4n) is 1.34. The van der Waals surface area contributed by atoms with Gasteiger partial charge in [-0.2, -0.15) is 0 Å². The van der Waals surface area contributed by atoms with Gasteiger partial charge in [0.2, 0.25) is 0 Å². The van der Waals surface area contributed by atoms with E-state index in [9.17, 15) is 0 Å². The molecule has 1 aromatic rings. The van der Waals surface area contributed by atoms with Crippen LogP contribution in [0.5, 0.6) is 0 Å². The third-order valence-electron chi connectivity index (χ3n) is 2.02. The second kappa shape index (κ2) is 6.80. The standard InChI is InChI=1S/C11H18BrN3/c1-3-5-13-7-9-6-10(12)8-15-11(9)14-4-2/h6,8,13H,3-5,7H2,1-2H3,(H,14,15). The number of hydrogen-bond donors (Lipinski definition) is 2. The fourth-order valence-corrected chi connectivity index (χ4v) is 1.72. The molecule has 84 valence electrons. The minimum atomic E-state index is 0.864. The predicted molar refractivity (Wildman–Crippen MR) is 68.1 cm³/mol. The van der Waals surface area contributed by atoms with Gasteiger partial charge in [-0.15, -0.1) is 0 Å². The van der Waals surface area contributed by atoms with Crippen molar-refractivity contribution in [2.75, 3.05) is 18.4 Å². The van der Waals surface area contributed by atoms with Gasteiger partial charge in [0.25, 0.3) is 0 Å². The van der Waals surface area contributed by atoms with Crippen LogP contribution in [0.25, 0.3) is 0 Å². The van der Waals surface area contributed by atoms with Gasteiger partial charge >= 0.3 is 0 Å². The number of hydrogen-bond acceptors (Lipinski definition) is 3. The summed E-state index contributed by atoms with van der Waals surface area (Å²) in [6, 6.07) is 2.10. The molecule has 4 heteroatoms. The van der Waals surface area contributed by atoms with Gasteiger partial charge in [-0.1, -0.05) is 6.92 Å². The van der Waals surface area contributed by atoms with E-state index in [2.05, 4.69) is 51.5 Å². The summed E-state index contributed by atoms with van der Waals surface area (Å²) in [6.45, 7) is 7.04. The first-order valence-electron chi connectivity index (χ1n) is 5.37. The SMILES string of the molecule is CCCNCc1cc(Br)cnc1NCC. The monoisotopic (exact) mass is 271 g/mol. The van der Waals surface area contributed by atoms with Gasteiger partial charge in [0, 0.05) is 29.3 Å². The minimum Gasteiger partial charge on any atom is -0.370 e. The molecule has 0 spiro atoms. The van der Waals surface area contributed by atoms with E-state index in [1.807, 2.05) is 6.20 Å². The summed E-state index contributed by atoms with van der Waals surface area (Å²) in [7, 11) is 0. The molecule has 0 radical (unpaired) electrons. The number of pyridine rings is 1. The van der Waals surface area contributed by atoms with Crippen LogP contribution in [0, 0.1) is 0 Å². The van der Waals surface area contributed by atoms with Gasteiger partial charge in [0.15, 0.2) is 0 Å². The Morgan fingerprint density at radius 1 is 1.40 bits per heavy atom. The van der Waals surface area contributed by atoms with Crippen molar-refractivity contribution in [2.24, 2.45) is 0 Å². The lowest BCUT2D eigenvalue weighted by Crippen LogP contribution is -2.16. The van der Waals surface area contributed by atoms with Crippen molar-refractivity contribution in [2.45, 2.75) is 26.8 Å². The summed E-state index contributed by atoms with van der Waals surface area (Å²) >= 11 is 3.44. The molecule has 0 bridgehead atoms. The first kappa shape index (κ1) is 12.5. The van der Waals surface area contributed by atoms with Crippen molar-refractivity contribution >= 4 is 21.7 Å². The van der Waals surface area contributed by atoms with Crippen molar-refractivity contribution in [3.8, 4) is 0 Å². The van der Waals surface area contributed by atoms with Crippen molar-refractivity contribution in [1.29, 1.82) is 0 Å². The molecule has 0 saturated carbocycles. The molecule has 0 atom stereocenters. The Hall–Kier alpha value is -0.610. The topological polar surface area (TPSA) is 37.0 Å². The van der Waals surface area contributed by atoms with E-state index in [1.165, 1.54) is 5.56 Å². The maximum Gasteiger partial charge on any atom is 0.130 e. The molecule has 0 unspecified atom stereocenters. The minimum absolute atomic E-state index is 0.864. The summed E-state index contributed by atoms with van der Waals surface area (Å²) in [5.74, 6) is 0.976. The maximum atomic E-state index is 4.35. The molecule has 15 heavy (non-hydrogen) atoms. The Morgan fingerprint density at radius 2 is 2.20 bits per heavy atom. The van der Waals surface area contributed by atoms with Gasteiger partial charge < -0.3 is 10.6 Å². The molecule has 0 aromatic carbocycles. The third-order valence-corrected chi connectivity index (χ3v) is 2.45. The summed E-state index contributed by atoms with van der Waals surface area (Å²) in [6.07, 6.45) is 2.97. The quantitative estimate of drug-likeness (QED) is 0.782. The smallest absolute Gasteiger partial charge is 0.130 e. The van der Waals surface area contributed by atoms with Gasteiger partial charge in [0.1, 0.15) is 5.82 Å². The number of anilines is 1. The average molecular weight is 272 g/mol. The molecule has 3 nitrogen and oxygen atoms in total. The Kier molecular flexibility index (Phi) is 5.65. The second-order valence-electron chi connectivity index (χ2n) is 3.37. The molecular formula is C11H18BrN3. The molecule has 0 aliphatic rings. The van der Waals surface area contributed by atoms with E-state index in [1.54, 1.807) is 0 Å². The molecule has 2 N–H and O–H groups in total. The van der Waals surface area contributed by atoms with Gasteiger partial charge in [0.05, 0.1) is 0 Å². The highest BCUT2D eigenvalue weighted by atomic mass is 79.9. The molecule has 0 saturated heterocycles. The lowest BCUT2D eigenvalue weighted by atomic mass is 10.2. The molecule has 0 amide bonds. The van der Waals surface area contributed by atoms with Crippen LogP contribution in [0.2, 0.25) is 0 Å². The summed E-state index contributed by atoms with van der Waals surface area (Å²) < 4.78 is 1.03. The third kappa shape index (κ3) is 4.18. The number of halogens is 1. The average Bonchev–Trinajstić information content (AvgIpc) is 2.22. The number of rotatable bonds is 6. The lowest BCUT2D eigenvalue weighted by Gasteiger charge is -2.10. The van der Waals surface area contributed by atoms with Crippen LogP contribution in [-0.4, -0.2) is 18.1 Å². The summed E-state index contributed by atoms with van der Waals surface area (Å²) in [4.78, 5) is 4.35. The van der Waals surface area contributed by atoms with Gasteiger partial charge in [-0.3, -0.25) is 0 Å². The van der Waals surface area contributed by atoms with Crippen LogP contribution in [-0.2, 0) is 6.54 Å². The van der Waals surface area contributed by atoms with Crippen LogP contribution >= 0.6 is 15.9 Å². The zero-order chi connectivity index (χ0) is 11.1. The molecular weight excluding hydrogens is 254 g/mol. The molecule has 1 aromatic heterocycles. The van der Waals surface area contributed by atoms with Crippen molar-refractivity contribution in [3.63, 3.8) is 0 Å². The normalized spacial score (nSPS) is 10.3. The van der Waals surface area contributed by atoms with E-state index in [0.29, 0.717) is 0 Å². The first-order valence-corrected chi connectivity index (χ1v) is 6.16. The number of aromatic nitrogens is 1. The molecule has 0 aliphatic carbocycles. The maximum absolute atomic E-state index is 4.35. The van der Waals surface area contributed by atoms with Crippen LogP contribution < -0.4 is 10.6 Å². The highest BCUT2D eigenvalue weighted by Gasteiger charge is 2.03. The van der Waals surface area contributed by atoms with E-state index in [-0.39, 0.29) is 0 Å². The number of nitrogens with zero attached hydrogens (tertiary/aromatic N) is 1. The summed E-state index contributed by atoms with van der Waals surface area (Å²) in [5.41, 5.74) is 1.21. The molecule has 0 fully saturated rings. The molecule has 1 rings (SSSR count). The van der Waals surface area contributed by atoms with Gasteiger partial charge in [-0.05, 0) is 41.9 Å². The van der Waals surface area contributed by atoms with E-state index >= 15 is 0 Å². The molecule has 0 aliphatic heterocycles. The van der Waals surface area contributed by atoms with Crippen molar-refractivity contribution in [3.05, 3.63) is 22.3 Å². The highest BCUT2D eigenvalue weighted by molar-refractivity contribution is 9.10. The largest absolute Gasteiger partial charge is 0.370 e. The Labute approximate surface area is 99.8 Å². The summed E-state index contributed by atoms with van der Waals surface area (Å²) in [5, 5.41) is 6.63. The van der Waals surface area contributed by atoms with Crippen molar-refractivity contribution in [1.82, 2.24) is 10.3 Å². The van der Waals surface area contributed by atoms with Gasteiger partial charge in [-0.25, -0.2) is 4.98 Å². The fraction of sp³-hybridized carbons (Fsp3) is 0.545. The van der Waals surface area contributed by atoms with Crippen LogP contribution in [0.3, 0.4) is 0 Å². The van der Waals surface area contributed by atoms with Crippen LogP contribution in [0.4, 0.5) is 5.82 Å². The molecule has 1 heterocycles. The predicted octanol–water partition coefficient (Wildman–Crippen LogP) is 2.78. The van der Waals surface area contributed by atoms with E-state index in [4.69, 9.17) is 0 Å². The zero-order valence-corrected chi connectivity index (χ0v) is 10.9. The Balaban J connectivity index is 2.68. The Morgan fingerprint density at radius 3 is 2.87 bits per heavy atom. The first-order chi connectivity index (χ1) is 7.27. The van der Waals surface area contributed by atoms with E-state index < -0.39 is 0 Å². The van der Waals surface area contributed by atoms with Crippen molar-refractivity contribution < 1.29 is 0 Å². The number of nitrogens with one attached hydrogen (secondary N) is 2. The van der Waals surface area contributed by atoms with Crippen LogP contribution in [0.1, 0.15) is 25.8 Å². The lowest BCUT2D eigenvalue weighted by molar-refractivity contribution is 0.674. The van der Waals surface area contributed by atoms with Crippen LogP contribution in [0.15, 0.2) is 16.7 Å². The zero-order valence-electron chi connectivity index (χ0n) is 9.31. The highest BCUT2D eigenvalue weighted by Crippen LogP contribution is 2.17. The second-order valence-corrected chi connectivity index (χ2v) is 4.28. The van der Waals surface area contributed by atoms with E-state index in [0.717, 1.165) is 36.3 Å².